The maximum absolute atomic E-state index is 6.51. The Hall–Kier alpha value is -2.09. The first kappa shape index (κ1) is 22.2. The summed E-state index contributed by atoms with van der Waals surface area (Å²) in [6, 6.07) is 15.2. The summed E-state index contributed by atoms with van der Waals surface area (Å²) in [6.07, 6.45) is 7.09. The largest absolute Gasteiger partial charge is 0.489 e. The quantitative estimate of drug-likeness (QED) is 0.310. The first-order valence-corrected chi connectivity index (χ1v) is 10.8. The summed E-state index contributed by atoms with van der Waals surface area (Å²) in [5.74, 6) is 1.40. The van der Waals surface area contributed by atoms with Crippen LogP contribution >= 0.6 is 0 Å². The first-order chi connectivity index (χ1) is 13.4. The van der Waals surface area contributed by atoms with Gasteiger partial charge in [0.05, 0.1) is 6.10 Å². The number of hydrogen-bond donors (Lipinski definition) is 0. The van der Waals surface area contributed by atoms with E-state index in [1.54, 1.807) is 0 Å². The topological polar surface area (TPSA) is 21.6 Å². The van der Waals surface area contributed by atoms with Crippen molar-refractivity contribution in [3.8, 4) is 16.9 Å². The lowest BCUT2D eigenvalue weighted by atomic mass is 9.97. The summed E-state index contributed by atoms with van der Waals surface area (Å²) >= 11 is 0. The fraction of sp³-hybridized carbons (Fsp3) is 0.500. The molecule has 152 valence electrons. The van der Waals surface area contributed by atoms with Gasteiger partial charge in [-0.15, -0.1) is 0 Å². The van der Waals surface area contributed by atoms with Crippen LogP contribution in [-0.4, -0.2) is 18.4 Å². The van der Waals surface area contributed by atoms with E-state index < -0.39 is 0 Å². The van der Waals surface area contributed by atoms with E-state index >= 15 is 0 Å². The zero-order chi connectivity index (χ0) is 20.5. The molecule has 0 aliphatic carbocycles. The molecule has 28 heavy (non-hydrogen) atoms. The van der Waals surface area contributed by atoms with Gasteiger partial charge in [0.25, 0.3) is 0 Å². The minimum absolute atomic E-state index is 0.137. The van der Waals surface area contributed by atoms with Crippen LogP contribution in [0.1, 0.15) is 71.4 Å². The van der Waals surface area contributed by atoms with Crippen molar-refractivity contribution in [1.29, 1.82) is 0 Å². The third-order valence-corrected chi connectivity index (χ3v) is 5.43. The second kappa shape index (κ2) is 11.0. The number of rotatable bonds is 10. The number of unbranched alkanes of at least 4 members (excludes halogenated alkanes) is 2. The van der Waals surface area contributed by atoms with Gasteiger partial charge in [0.1, 0.15) is 5.75 Å². The van der Waals surface area contributed by atoms with Crippen LogP contribution in [0.15, 0.2) is 47.5 Å². The molecule has 2 rings (SSSR count). The van der Waals surface area contributed by atoms with E-state index in [0.717, 1.165) is 23.3 Å². The standard InChI is InChI=1S/C26H37NO/c1-7-8-10-13-21(5)27-18-25-20(4)16-17-24(23-14-11-9-12-15-23)26(25)28-22(6)19(2)3/h9,11-12,14-19,21-22H,7-8,10,13H2,1-6H3/b27-18+/t21?,22-/m1/s1. The van der Waals surface area contributed by atoms with Gasteiger partial charge in [-0.05, 0) is 44.2 Å². The van der Waals surface area contributed by atoms with Crippen LogP contribution in [0, 0.1) is 12.8 Å². The molecule has 0 aliphatic rings. The van der Waals surface area contributed by atoms with E-state index in [1.807, 2.05) is 6.21 Å². The van der Waals surface area contributed by atoms with Crippen molar-refractivity contribution in [2.24, 2.45) is 10.9 Å². The van der Waals surface area contributed by atoms with Gasteiger partial charge in [-0.2, -0.15) is 0 Å². The highest BCUT2D eigenvalue weighted by atomic mass is 16.5. The molecule has 1 unspecified atom stereocenters. The minimum atomic E-state index is 0.137. The Balaban J connectivity index is 2.42. The van der Waals surface area contributed by atoms with Gasteiger partial charge >= 0.3 is 0 Å². The molecule has 0 radical (unpaired) electrons. The molecule has 0 saturated heterocycles. The molecule has 0 spiro atoms. The number of nitrogens with zero attached hydrogens (tertiary/aromatic N) is 1. The molecular weight excluding hydrogens is 342 g/mol. The summed E-state index contributed by atoms with van der Waals surface area (Å²) < 4.78 is 6.51. The second-order valence-corrected chi connectivity index (χ2v) is 8.23. The van der Waals surface area contributed by atoms with Crippen molar-refractivity contribution < 1.29 is 4.74 Å². The van der Waals surface area contributed by atoms with Crippen molar-refractivity contribution in [2.45, 2.75) is 79.4 Å². The van der Waals surface area contributed by atoms with Gasteiger partial charge in [0.2, 0.25) is 0 Å². The summed E-state index contributed by atoms with van der Waals surface area (Å²) in [7, 11) is 0. The number of aliphatic imine (C=N–C) groups is 1. The number of benzene rings is 2. The zero-order valence-electron chi connectivity index (χ0n) is 18.5. The van der Waals surface area contributed by atoms with Gasteiger partial charge < -0.3 is 4.74 Å². The van der Waals surface area contributed by atoms with Crippen molar-refractivity contribution in [3.05, 3.63) is 53.6 Å². The van der Waals surface area contributed by atoms with E-state index in [9.17, 15) is 0 Å². The van der Waals surface area contributed by atoms with Gasteiger partial charge in [0.15, 0.2) is 0 Å². The molecule has 2 aromatic carbocycles. The predicted molar refractivity (Wildman–Crippen MR) is 123 cm³/mol. The highest BCUT2D eigenvalue weighted by Gasteiger charge is 2.18. The smallest absolute Gasteiger partial charge is 0.136 e. The van der Waals surface area contributed by atoms with Crippen LogP contribution in [0.25, 0.3) is 11.1 Å². The van der Waals surface area contributed by atoms with Gasteiger partial charge in [-0.25, -0.2) is 0 Å². The van der Waals surface area contributed by atoms with Crippen molar-refractivity contribution in [3.63, 3.8) is 0 Å². The maximum Gasteiger partial charge on any atom is 0.136 e. The van der Waals surface area contributed by atoms with Gasteiger partial charge in [0, 0.05) is 23.4 Å². The average molecular weight is 380 g/mol. The van der Waals surface area contributed by atoms with Crippen LogP contribution in [0.5, 0.6) is 5.75 Å². The molecule has 0 bridgehead atoms. The van der Waals surface area contributed by atoms with Gasteiger partial charge in [-0.1, -0.05) is 82.5 Å². The minimum Gasteiger partial charge on any atom is -0.489 e. The Kier molecular flexibility index (Phi) is 8.76. The van der Waals surface area contributed by atoms with Crippen LogP contribution in [0.3, 0.4) is 0 Å². The fourth-order valence-corrected chi connectivity index (χ4v) is 3.12. The molecule has 2 heteroatoms. The molecule has 0 heterocycles. The molecular formula is C26H37NO. The lowest BCUT2D eigenvalue weighted by molar-refractivity contribution is 0.171. The summed E-state index contributed by atoms with van der Waals surface area (Å²) in [5.41, 5.74) is 4.63. The molecule has 0 N–H and O–H groups in total. The molecule has 0 amide bonds. The Morgan fingerprint density at radius 2 is 1.68 bits per heavy atom. The van der Waals surface area contributed by atoms with Crippen LogP contribution < -0.4 is 4.74 Å². The van der Waals surface area contributed by atoms with E-state index in [4.69, 9.17) is 9.73 Å². The highest BCUT2D eigenvalue weighted by molar-refractivity contribution is 5.90. The Morgan fingerprint density at radius 1 is 0.964 bits per heavy atom. The van der Waals surface area contributed by atoms with E-state index in [2.05, 4.69) is 84.0 Å². The number of aryl methyl sites for hydroxylation is 1. The van der Waals surface area contributed by atoms with Crippen LogP contribution in [-0.2, 0) is 0 Å². The number of ether oxygens (including phenoxy) is 1. The average Bonchev–Trinajstić information content (AvgIpc) is 2.68. The predicted octanol–water partition coefficient (Wildman–Crippen LogP) is 7.47. The summed E-state index contributed by atoms with van der Waals surface area (Å²) in [4.78, 5) is 4.87. The van der Waals surface area contributed by atoms with E-state index in [0.29, 0.717) is 12.0 Å². The lowest BCUT2D eigenvalue weighted by Gasteiger charge is -2.23. The molecule has 0 saturated carbocycles. The van der Waals surface area contributed by atoms with E-state index in [1.165, 1.54) is 30.4 Å². The Bertz CT molecular complexity index is 749. The van der Waals surface area contributed by atoms with Crippen molar-refractivity contribution >= 4 is 6.21 Å². The lowest BCUT2D eigenvalue weighted by Crippen LogP contribution is -2.20. The van der Waals surface area contributed by atoms with Crippen molar-refractivity contribution in [2.75, 3.05) is 0 Å². The van der Waals surface area contributed by atoms with Gasteiger partial charge in [-0.3, -0.25) is 4.99 Å². The van der Waals surface area contributed by atoms with Crippen LogP contribution in [0.2, 0.25) is 0 Å². The van der Waals surface area contributed by atoms with Crippen molar-refractivity contribution in [1.82, 2.24) is 0 Å². The third kappa shape index (κ3) is 6.22. The SMILES string of the molecule is CCCCCC(C)/N=C/c1c(C)ccc(-c2ccccc2)c1O[C@H](C)C(C)C. The normalized spacial score (nSPS) is 13.8. The van der Waals surface area contributed by atoms with E-state index in [-0.39, 0.29) is 6.10 Å². The fourth-order valence-electron chi connectivity index (χ4n) is 3.12. The third-order valence-electron chi connectivity index (χ3n) is 5.43. The second-order valence-electron chi connectivity index (χ2n) is 8.23. The highest BCUT2D eigenvalue weighted by Crippen LogP contribution is 2.36. The number of hydrogen-bond acceptors (Lipinski definition) is 2. The summed E-state index contributed by atoms with van der Waals surface area (Å²) in [5, 5.41) is 0. The zero-order valence-corrected chi connectivity index (χ0v) is 18.5. The molecule has 2 nitrogen and oxygen atoms in total. The summed E-state index contributed by atoms with van der Waals surface area (Å²) in [6.45, 7) is 13.1. The molecule has 0 fully saturated rings. The Labute approximate surface area is 172 Å². The molecule has 0 aromatic heterocycles. The molecule has 0 aliphatic heterocycles. The molecule has 2 aromatic rings. The molecule has 2 atom stereocenters. The van der Waals surface area contributed by atoms with Crippen LogP contribution in [0.4, 0.5) is 0 Å². The Morgan fingerprint density at radius 3 is 2.32 bits per heavy atom. The maximum atomic E-state index is 6.51. The monoisotopic (exact) mass is 379 g/mol. The first-order valence-electron chi connectivity index (χ1n) is 10.8.